The molecule has 2 aliphatic rings. The Bertz CT molecular complexity index is 1070. The zero-order valence-electron chi connectivity index (χ0n) is 14.8. The van der Waals surface area contributed by atoms with Gasteiger partial charge in [-0.2, -0.15) is 0 Å². The van der Waals surface area contributed by atoms with Crippen LogP contribution in [-0.2, 0) is 0 Å². The van der Waals surface area contributed by atoms with Crippen molar-refractivity contribution in [2.24, 2.45) is 5.92 Å². The lowest BCUT2D eigenvalue weighted by Crippen LogP contribution is -2.20. The summed E-state index contributed by atoms with van der Waals surface area (Å²) in [6, 6.07) is 13.9. The summed E-state index contributed by atoms with van der Waals surface area (Å²) in [5.41, 5.74) is 3.39. The van der Waals surface area contributed by atoms with E-state index in [4.69, 9.17) is 0 Å². The third-order valence-corrected chi connectivity index (χ3v) is 6.26. The lowest BCUT2D eigenvalue weighted by Gasteiger charge is -2.08. The Labute approximate surface area is 160 Å². The van der Waals surface area contributed by atoms with E-state index in [1.165, 1.54) is 18.4 Å². The molecule has 0 saturated heterocycles. The predicted octanol–water partition coefficient (Wildman–Crippen LogP) is 3.70. The van der Waals surface area contributed by atoms with Crippen LogP contribution < -0.4 is 15.5 Å². The highest BCUT2D eigenvalue weighted by Gasteiger charge is 2.39. The van der Waals surface area contributed by atoms with E-state index in [2.05, 4.69) is 21.7 Å². The number of benzene rings is 2. The molecule has 3 N–H and O–H groups in total. The van der Waals surface area contributed by atoms with E-state index in [0.29, 0.717) is 23.2 Å². The normalized spacial score (nSPS) is 21.3. The fourth-order valence-corrected chi connectivity index (χ4v) is 4.34. The Morgan fingerprint density at radius 2 is 2.07 bits per heavy atom. The van der Waals surface area contributed by atoms with Crippen molar-refractivity contribution in [3.05, 3.63) is 63.3 Å². The number of aromatic nitrogens is 1. The molecule has 1 heterocycles. The summed E-state index contributed by atoms with van der Waals surface area (Å²) < 4.78 is 0.842. The average Bonchev–Trinajstić information content (AvgIpc) is 3.57. The number of nitrogens with one attached hydrogen (secondary N) is 3. The largest absolute Gasteiger partial charge is 0.322 e. The molecule has 1 amide bonds. The van der Waals surface area contributed by atoms with E-state index >= 15 is 0 Å². The number of thiazole rings is 1. The van der Waals surface area contributed by atoms with Gasteiger partial charge in [-0.3, -0.25) is 9.59 Å². The van der Waals surface area contributed by atoms with Gasteiger partial charge in [0.2, 0.25) is 0 Å². The van der Waals surface area contributed by atoms with Crippen molar-refractivity contribution in [3.63, 3.8) is 0 Å². The van der Waals surface area contributed by atoms with Gasteiger partial charge in [0.05, 0.1) is 10.2 Å². The van der Waals surface area contributed by atoms with Gasteiger partial charge in [0.15, 0.2) is 0 Å². The highest BCUT2D eigenvalue weighted by atomic mass is 32.1. The molecule has 5 nitrogen and oxygen atoms in total. The molecule has 0 unspecified atom stereocenters. The molecule has 0 aliphatic heterocycles. The molecule has 1 aromatic heterocycles. The molecule has 0 radical (unpaired) electrons. The molecule has 5 rings (SSSR count). The maximum absolute atomic E-state index is 12.7. The fraction of sp³-hybridized carbons (Fsp3) is 0.333. The minimum atomic E-state index is -0.123. The lowest BCUT2D eigenvalue weighted by atomic mass is 10.1. The summed E-state index contributed by atoms with van der Waals surface area (Å²) in [5, 5.41) is 6.59. The quantitative estimate of drug-likeness (QED) is 0.611. The van der Waals surface area contributed by atoms with Gasteiger partial charge in [-0.05, 0) is 67.6 Å². The summed E-state index contributed by atoms with van der Waals surface area (Å²) in [7, 11) is 0. The first-order valence-electron chi connectivity index (χ1n) is 9.43. The van der Waals surface area contributed by atoms with Crippen molar-refractivity contribution >= 4 is 33.1 Å². The van der Waals surface area contributed by atoms with Gasteiger partial charge in [-0.1, -0.05) is 23.5 Å². The average molecular weight is 379 g/mol. The number of anilines is 1. The van der Waals surface area contributed by atoms with Crippen LogP contribution in [0.2, 0.25) is 0 Å². The van der Waals surface area contributed by atoms with Crippen molar-refractivity contribution in [3.8, 4) is 0 Å². The molecule has 6 heteroatoms. The fourth-order valence-electron chi connectivity index (χ4n) is 3.57. The number of hydrogen-bond donors (Lipinski definition) is 3. The molecule has 3 aromatic rings. The van der Waals surface area contributed by atoms with Crippen molar-refractivity contribution in [1.82, 2.24) is 10.3 Å². The van der Waals surface area contributed by atoms with Crippen molar-refractivity contribution in [1.29, 1.82) is 0 Å². The van der Waals surface area contributed by atoms with Crippen LogP contribution >= 0.6 is 11.3 Å². The van der Waals surface area contributed by atoms with Crippen LogP contribution in [0.25, 0.3) is 10.2 Å². The van der Waals surface area contributed by atoms with Gasteiger partial charge in [-0.15, -0.1) is 0 Å². The number of carbonyl (C=O) groups is 1. The monoisotopic (exact) mass is 379 g/mol. The molecular formula is C21H21N3O2S. The highest BCUT2D eigenvalue weighted by Crippen LogP contribution is 2.41. The highest BCUT2D eigenvalue weighted by molar-refractivity contribution is 7.16. The lowest BCUT2D eigenvalue weighted by molar-refractivity contribution is 0.102. The van der Waals surface area contributed by atoms with Crippen LogP contribution in [0.5, 0.6) is 0 Å². The number of aromatic amines is 1. The standard InChI is InChI=1S/C21H21N3O2S/c25-20(23-15-6-7-17-19(9-15)27-21(26)24-17)14-3-1-2-13(8-14)16-10-18(16)22-11-12-4-5-12/h1-3,6-9,12,16,18,22H,4-5,10-11H2,(H,23,25)(H,24,26)/t16-,18+/m0/s1. The van der Waals surface area contributed by atoms with E-state index in [1.807, 2.05) is 36.4 Å². The van der Waals surface area contributed by atoms with Crippen LogP contribution in [-0.4, -0.2) is 23.5 Å². The summed E-state index contributed by atoms with van der Waals surface area (Å²) in [6.45, 7) is 1.13. The maximum Gasteiger partial charge on any atom is 0.305 e. The van der Waals surface area contributed by atoms with Crippen LogP contribution in [0.4, 0.5) is 5.69 Å². The summed E-state index contributed by atoms with van der Waals surface area (Å²) in [5.74, 6) is 1.28. The number of amides is 1. The molecule has 2 aliphatic carbocycles. The topological polar surface area (TPSA) is 74.0 Å². The van der Waals surface area contributed by atoms with Crippen molar-refractivity contribution < 1.29 is 4.79 Å². The molecule has 27 heavy (non-hydrogen) atoms. The van der Waals surface area contributed by atoms with E-state index in [0.717, 1.165) is 40.4 Å². The zero-order chi connectivity index (χ0) is 18.4. The Hall–Kier alpha value is -2.44. The first kappa shape index (κ1) is 16.7. The van der Waals surface area contributed by atoms with Crippen LogP contribution in [0.15, 0.2) is 47.3 Å². The summed E-state index contributed by atoms with van der Waals surface area (Å²) in [6.07, 6.45) is 3.89. The van der Waals surface area contributed by atoms with Gasteiger partial charge in [0, 0.05) is 23.2 Å². The van der Waals surface area contributed by atoms with Gasteiger partial charge < -0.3 is 15.6 Å². The smallest absolute Gasteiger partial charge is 0.305 e. The number of H-pyrrole nitrogens is 1. The van der Waals surface area contributed by atoms with Gasteiger partial charge >= 0.3 is 4.87 Å². The number of hydrogen-bond acceptors (Lipinski definition) is 4. The zero-order valence-corrected chi connectivity index (χ0v) is 15.6. The molecule has 2 aromatic carbocycles. The minimum absolute atomic E-state index is 0.0875. The first-order chi connectivity index (χ1) is 13.2. The maximum atomic E-state index is 12.7. The van der Waals surface area contributed by atoms with Gasteiger partial charge in [0.25, 0.3) is 5.91 Å². The third kappa shape index (κ3) is 3.68. The van der Waals surface area contributed by atoms with Gasteiger partial charge in [-0.25, -0.2) is 0 Å². The van der Waals surface area contributed by atoms with Crippen molar-refractivity contribution in [2.45, 2.75) is 31.2 Å². The molecular weight excluding hydrogens is 358 g/mol. The number of fused-ring (bicyclic) bond motifs is 1. The molecule has 0 bridgehead atoms. The molecule has 2 saturated carbocycles. The first-order valence-corrected chi connectivity index (χ1v) is 10.2. The Kier molecular flexibility index (Phi) is 4.10. The molecule has 0 spiro atoms. The number of rotatable bonds is 6. The second-order valence-corrected chi connectivity index (χ2v) is 8.62. The van der Waals surface area contributed by atoms with Crippen LogP contribution in [0.3, 0.4) is 0 Å². The molecule has 2 fully saturated rings. The Morgan fingerprint density at radius 3 is 2.93 bits per heavy atom. The minimum Gasteiger partial charge on any atom is -0.322 e. The number of carbonyl (C=O) groups excluding carboxylic acids is 1. The Morgan fingerprint density at radius 1 is 1.19 bits per heavy atom. The van der Waals surface area contributed by atoms with Crippen LogP contribution in [0, 0.1) is 5.92 Å². The third-order valence-electron chi connectivity index (χ3n) is 5.41. The van der Waals surface area contributed by atoms with E-state index in [9.17, 15) is 9.59 Å². The van der Waals surface area contributed by atoms with Gasteiger partial charge in [0.1, 0.15) is 0 Å². The Balaban J connectivity index is 1.27. The predicted molar refractivity (Wildman–Crippen MR) is 109 cm³/mol. The summed E-state index contributed by atoms with van der Waals surface area (Å²) >= 11 is 1.15. The van der Waals surface area contributed by atoms with Crippen LogP contribution in [0.1, 0.15) is 41.1 Å². The molecule has 138 valence electrons. The summed E-state index contributed by atoms with van der Waals surface area (Å²) in [4.78, 5) is 26.8. The van der Waals surface area contributed by atoms with E-state index in [-0.39, 0.29) is 10.8 Å². The second-order valence-electron chi connectivity index (χ2n) is 7.61. The van der Waals surface area contributed by atoms with Crippen molar-refractivity contribution in [2.75, 3.05) is 11.9 Å². The second kappa shape index (κ2) is 6.62. The molecule has 2 atom stereocenters. The van der Waals surface area contributed by atoms with E-state index in [1.54, 1.807) is 0 Å². The SMILES string of the molecule is O=C(Nc1ccc2[nH]c(=O)sc2c1)c1cccc([C@@H]2C[C@H]2NCC2CC2)c1. The van der Waals surface area contributed by atoms with E-state index < -0.39 is 0 Å².